The third-order valence-corrected chi connectivity index (χ3v) is 8.00. The zero-order valence-electron chi connectivity index (χ0n) is 11.8. The molecule has 0 radical (unpaired) electrons. The maximum Gasteiger partial charge on any atom is 0.0843 e. The van der Waals surface area contributed by atoms with Crippen molar-refractivity contribution in [1.82, 2.24) is 5.32 Å². The molecule has 2 unspecified atom stereocenters. The van der Waals surface area contributed by atoms with Crippen LogP contribution in [0.5, 0.6) is 0 Å². The molecule has 2 aliphatic rings. The number of thiophene rings is 1. The van der Waals surface area contributed by atoms with Crippen LogP contribution in [0.15, 0.2) is 14.3 Å². The van der Waals surface area contributed by atoms with Crippen molar-refractivity contribution in [2.45, 2.75) is 50.7 Å². The topological polar surface area (TPSA) is 21.3 Å². The van der Waals surface area contributed by atoms with Gasteiger partial charge in [-0.3, -0.25) is 0 Å². The number of nitrogens with one attached hydrogen (secondary N) is 1. The van der Waals surface area contributed by atoms with Gasteiger partial charge in [0.05, 0.1) is 9.39 Å². The zero-order chi connectivity index (χ0) is 14.2. The van der Waals surface area contributed by atoms with E-state index in [0.717, 1.165) is 13.2 Å². The van der Waals surface area contributed by atoms with Crippen molar-refractivity contribution < 1.29 is 4.74 Å². The minimum absolute atomic E-state index is 0.225. The fourth-order valence-electron chi connectivity index (χ4n) is 3.51. The minimum atomic E-state index is 0.225. The zero-order valence-corrected chi connectivity index (χ0v) is 15.7. The van der Waals surface area contributed by atoms with Crippen molar-refractivity contribution in [3.05, 3.63) is 19.2 Å². The van der Waals surface area contributed by atoms with Crippen LogP contribution >= 0.6 is 43.2 Å². The molecule has 1 aromatic heterocycles. The highest BCUT2D eigenvalue weighted by molar-refractivity contribution is 9.13. The minimum Gasteiger partial charge on any atom is -0.375 e. The van der Waals surface area contributed by atoms with E-state index in [9.17, 15) is 0 Å². The molecular formula is C15H21Br2NOS. The summed E-state index contributed by atoms with van der Waals surface area (Å²) in [6, 6.07) is 2.74. The predicted molar refractivity (Wildman–Crippen MR) is 91.4 cm³/mol. The fraction of sp³-hybridized carbons (Fsp3) is 0.733. The summed E-state index contributed by atoms with van der Waals surface area (Å²) in [4.78, 5) is 1.44. The summed E-state index contributed by atoms with van der Waals surface area (Å²) in [6.45, 7) is 4.14. The molecule has 2 fully saturated rings. The van der Waals surface area contributed by atoms with Gasteiger partial charge in [0.15, 0.2) is 0 Å². The van der Waals surface area contributed by atoms with Gasteiger partial charge in [-0.25, -0.2) is 0 Å². The monoisotopic (exact) mass is 421 g/mol. The molecule has 2 nitrogen and oxygen atoms in total. The second-order valence-electron chi connectivity index (χ2n) is 5.94. The second-order valence-corrected chi connectivity index (χ2v) is 9.20. The van der Waals surface area contributed by atoms with E-state index in [1.165, 1.54) is 45.2 Å². The molecule has 5 heteroatoms. The van der Waals surface area contributed by atoms with E-state index >= 15 is 0 Å². The first-order chi connectivity index (χ1) is 9.63. The summed E-state index contributed by atoms with van der Waals surface area (Å²) in [7, 11) is 0. The fourth-order valence-corrected chi connectivity index (χ4v) is 5.76. The van der Waals surface area contributed by atoms with Crippen LogP contribution in [-0.4, -0.2) is 18.8 Å². The van der Waals surface area contributed by atoms with Gasteiger partial charge in [-0.1, -0.05) is 6.92 Å². The van der Waals surface area contributed by atoms with Crippen molar-refractivity contribution in [1.29, 1.82) is 0 Å². The van der Waals surface area contributed by atoms with Crippen LogP contribution in [0, 0.1) is 5.92 Å². The second kappa shape index (κ2) is 6.37. The van der Waals surface area contributed by atoms with Crippen LogP contribution in [0.25, 0.3) is 0 Å². The van der Waals surface area contributed by atoms with E-state index in [-0.39, 0.29) is 5.60 Å². The van der Waals surface area contributed by atoms with Gasteiger partial charge in [0.1, 0.15) is 0 Å². The Hall–Kier alpha value is 0.580. The molecule has 0 bridgehead atoms. The first-order valence-corrected chi connectivity index (χ1v) is 9.86. The van der Waals surface area contributed by atoms with E-state index in [2.05, 4.69) is 50.2 Å². The summed E-state index contributed by atoms with van der Waals surface area (Å²) in [5, 5.41) is 3.71. The molecular weight excluding hydrogens is 402 g/mol. The van der Waals surface area contributed by atoms with Crippen molar-refractivity contribution in [3.8, 4) is 0 Å². The first-order valence-electron chi connectivity index (χ1n) is 7.45. The molecule has 0 aromatic carbocycles. The average molecular weight is 423 g/mol. The van der Waals surface area contributed by atoms with Crippen LogP contribution in [0.4, 0.5) is 0 Å². The standard InChI is InChI=1S/C15H21Br2NOS/c1-2-18-13(12-8-11(16)14(17)20-12)10-4-7-19-15(9-10)5-3-6-15/h8,10,13,18H,2-7,9H2,1H3. The van der Waals surface area contributed by atoms with Crippen LogP contribution in [0.3, 0.4) is 0 Å². The van der Waals surface area contributed by atoms with Crippen LogP contribution in [-0.2, 0) is 4.74 Å². The van der Waals surface area contributed by atoms with Gasteiger partial charge in [-0.05, 0) is 82.5 Å². The molecule has 1 aliphatic heterocycles. The normalized spacial score (nSPS) is 26.4. The number of hydrogen-bond acceptors (Lipinski definition) is 3. The maximum absolute atomic E-state index is 6.08. The van der Waals surface area contributed by atoms with Gasteiger partial charge in [0, 0.05) is 22.0 Å². The van der Waals surface area contributed by atoms with E-state index in [4.69, 9.17) is 4.74 Å². The largest absolute Gasteiger partial charge is 0.375 e. The summed E-state index contributed by atoms with van der Waals surface area (Å²) in [6.07, 6.45) is 6.26. The molecule has 1 saturated carbocycles. The highest BCUT2D eigenvalue weighted by atomic mass is 79.9. The molecule has 2 atom stereocenters. The average Bonchev–Trinajstić information content (AvgIpc) is 2.74. The van der Waals surface area contributed by atoms with E-state index in [0.29, 0.717) is 12.0 Å². The Balaban J connectivity index is 1.79. The number of halogens is 2. The summed E-state index contributed by atoms with van der Waals surface area (Å²) >= 11 is 9.09. The van der Waals surface area contributed by atoms with Gasteiger partial charge in [-0.15, -0.1) is 11.3 Å². The van der Waals surface area contributed by atoms with Crippen molar-refractivity contribution >= 4 is 43.2 Å². The van der Waals surface area contributed by atoms with E-state index in [1.54, 1.807) is 0 Å². The third-order valence-electron chi connectivity index (χ3n) is 4.66. The Morgan fingerprint density at radius 1 is 1.50 bits per heavy atom. The highest BCUT2D eigenvalue weighted by Gasteiger charge is 2.44. The molecule has 0 amide bonds. The predicted octanol–water partition coefficient (Wildman–Crippen LogP) is 5.27. The van der Waals surface area contributed by atoms with Gasteiger partial charge in [0.2, 0.25) is 0 Å². The van der Waals surface area contributed by atoms with Crippen LogP contribution < -0.4 is 5.32 Å². The van der Waals surface area contributed by atoms with Crippen molar-refractivity contribution in [3.63, 3.8) is 0 Å². The first kappa shape index (κ1) is 15.5. The Kier molecular flexibility index (Phi) is 4.93. The van der Waals surface area contributed by atoms with E-state index < -0.39 is 0 Å². The van der Waals surface area contributed by atoms with Crippen LogP contribution in [0.2, 0.25) is 0 Å². The molecule has 112 valence electrons. The molecule has 1 saturated heterocycles. The highest BCUT2D eigenvalue weighted by Crippen LogP contribution is 2.48. The molecule has 3 rings (SSSR count). The van der Waals surface area contributed by atoms with E-state index in [1.807, 2.05) is 11.3 Å². The molecule has 1 aromatic rings. The molecule has 20 heavy (non-hydrogen) atoms. The van der Waals surface area contributed by atoms with Crippen LogP contribution in [0.1, 0.15) is 49.9 Å². The molecule has 1 N–H and O–H groups in total. The van der Waals surface area contributed by atoms with Crippen molar-refractivity contribution in [2.75, 3.05) is 13.2 Å². The number of hydrogen-bond donors (Lipinski definition) is 1. The smallest absolute Gasteiger partial charge is 0.0843 e. The summed E-state index contributed by atoms with van der Waals surface area (Å²) < 4.78 is 8.45. The van der Waals surface area contributed by atoms with Gasteiger partial charge in [0.25, 0.3) is 0 Å². The third kappa shape index (κ3) is 3.02. The molecule has 1 aliphatic carbocycles. The lowest BCUT2D eigenvalue weighted by atomic mass is 9.70. The SMILES string of the molecule is CCNC(c1cc(Br)c(Br)s1)C1CCOC2(CCC2)C1. The van der Waals surface area contributed by atoms with Gasteiger partial charge >= 0.3 is 0 Å². The van der Waals surface area contributed by atoms with Gasteiger partial charge < -0.3 is 10.1 Å². The lowest BCUT2D eigenvalue weighted by Gasteiger charge is -2.48. The maximum atomic E-state index is 6.08. The molecule has 2 heterocycles. The quantitative estimate of drug-likeness (QED) is 0.713. The number of rotatable bonds is 4. The summed E-state index contributed by atoms with van der Waals surface area (Å²) in [5.74, 6) is 0.696. The lowest BCUT2D eigenvalue weighted by molar-refractivity contribution is -0.147. The Bertz CT molecular complexity index is 453. The Labute approximate surface area is 141 Å². The Morgan fingerprint density at radius 2 is 2.30 bits per heavy atom. The molecule has 1 spiro atoms. The summed E-state index contributed by atoms with van der Waals surface area (Å²) in [5.41, 5.74) is 0.225. The number of ether oxygens (including phenoxy) is 1. The lowest BCUT2D eigenvalue weighted by Crippen LogP contribution is -2.47. The van der Waals surface area contributed by atoms with Crippen molar-refractivity contribution in [2.24, 2.45) is 5.92 Å². The Morgan fingerprint density at radius 3 is 2.85 bits per heavy atom. The van der Waals surface area contributed by atoms with Gasteiger partial charge in [-0.2, -0.15) is 0 Å².